The summed E-state index contributed by atoms with van der Waals surface area (Å²) in [5.74, 6) is 0. The molecule has 0 saturated heterocycles. The molecular weight excluding hydrogens is 304 g/mol. The molecule has 0 spiro atoms. The maximum Gasteiger partial charge on any atom is 0.323 e. The standard InChI is InChI=1S/C15H15BrN2O/c1-10-4-3-5-13(8-10)17-15(19)18-14-9-12(16)7-6-11(14)2/h3-9H,1-2H3,(H2,17,18,19). The van der Waals surface area contributed by atoms with E-state index < -0.39 is 0 Å². The van der Waals surface area contributed by atoms with Crippen molar-refractivity contribution in [2.24, 2.45) is 0 Å². The van der Waals surface area contributed by atoms with Gasteiger partial charge in [-0.15, -0.1) is 0 Å². The number of urea groups is 1. The zero-order chi connectivity index (χ0) is 13.8. The van der Waals surface area contributed by atoms with E-state index >= 15 is 0 Å². The predicted octanol–water partition coefficient (Wildman–Crippen LogP) is 4.71. The minimum absolute atomic E-state index is 0.244. The van der Waals surface area contributed by atoms with Gasteiger partial charge in [0, 0.05) is 15.8 Å². The molecule has 4 heteroatoms. The lowest BCUT2D eigenvalue weighted by Gasteiger charge is -2.10. The molecule has 2 rings (SSSR count). The number of rotatable bonds is 2. The van der Waals surface area contributed by atoms with Gasteiger partial charge in [-0.3, -0.25) is 0 Å². The molecule has 2 N–H and O–H groups in total. The van der Waals surface area contributed by atoms with Gasteiger partial charge in [0.15, 0.2) is 0 Å². The van der Waals surface area contributed by atoms with Crippen molar-refractivity contribution < 1.29 is 4.79 Å². The summed E-state index contributed by atoms with van der Waals surface area (Å²) in [5.41, 5.74) is 3.70. The second-order valence-corrected chi connectivity index (χ2v) is 5.32. The Bertz CT molecular complexity index is 611. The molecule has 0 bridgehead atoms. The number of hydrogen-bond donors (Lipinski definition) is 2. The molecule has 0 radical (unpaired) electrons. The topological polar surface area (TPSA) is 41.1 Å². The first-order valence-corrected chi connectivity index (χ1v) is 6.75. The summed E-state index contributed by atoms with van der Waals surface area (Å²) in [4.78, 5) is 11.9. The first-order valence-electron chi connectivity index (χ1n) is 5.95. The van der Waals surface area contributed by atoms with E-state index in [4.69, 9.17) is 0 Å². The third-order valence-electron chi connectivity index (χ3n) is 2.72. The summed E-state index contributed by atoms with van der Waals surface area (Å²) < 4.78 is 0.934. The fraction of sp³-hybridized carbons (Fsp3) is 0.133. The number of amides is 2. The van der Waals surface area contributed by atoms with Crippen LogP contribution < -0.4 is 10.6 Å². The van der Waals surface area contributed by atoms with Crippen LogP contribution in [0.2, 0.25) is 0 Å². The van der Waals surface area contributed by atoms with Crippen LogP contribution in [0, 0.1) is 13.8 Å². The number of carbonyl (C=O) groups is 1. The normalized spacial score (nSPS) is 10.1. The molecule has 0 aliphatic heterocycles. The van der Waals surface area contributed by atoms with Crippen molar-refractivity contribution >= 4 is 33.3 Å². The van der Waals surface area contributed by atoms with E-state index in [1.807, 2.05) is 56.3 Å². The highest BCUT2D eigenvalue weighted by Crippen LogP contribution is 2.21. The number of benzene rings is 2. The van der Waals surface area contributed by atoms with Gasteiger partial charge >= 0.3 is 6.03 Å². The van der Waals surface area contributed by atoms with E-state index in [1.54, 1.807) is 0 Å². The number of aryl methyl sites for hydroxylation is 2. The van der Waals surface area contributed by atoms with Crippen LogP contribution in [0.4, 0.5) is 16.2 Å². The number of nitrogens with one attached hydrogen (secondary N) is 2. The third-order valence-corrected chi connectivity index (χ3v) is 3.22. The van der Waals surface area contributed by atoms with Crippen molar-refractivity contribution in [1.29, 1.82) is 0 Å². The van der Waals surface area contributed by atoms with Gasteiger partial charge in [0.2, 0.25) is 0 Å². The van der Waals surface area contributed by atoms with E-state index in [-0.39, 0.29) is 6.03 Å². The average Bonchev–Trinajstić information content (AvgIpc) is 2.34. The number of hydrogen-bond acceptors (Lipinski definition) is 1. The van der Waals surface area contributed by atoms with Gasteiger partial charge < -0.3 is 10.6 Å². The van der Waals surface area contributed by atoms with Crippen molar-refractivity contribution in [2.75, 3.05) is 10.6 Å². The Hall–Kier alpha value is -1.81. The molecule has 2 amide bonds. The molecular formula is C15H15BrN2O. The maximum absolute atomic E-state index is 11.9. The second kappa shape index (κ2) is 5.89. The first kappa shape index (κ1) is 13.6. The highest BCUT2D eigenvalue weighted by Gasteiger charge is 2.05. The second-order valence-electron chi connectivity index (χ2n) is 4.41. The fourth-order valence-electron chi connectivity index (χ4n) is 1.74. The van der Waals surface area contributed by atoms with E-state index in [0.29, 0.717) is 0 Å². The number of halogens is 1. The molecule has 0 saturated carbocycles. The van der Waals surface area contributed by atoms with E-state index in [9.17, 15) is 4.79 Å². The molecule has 19 heavy (non-hydrogen) atoms. The lowest BCUT2D eigenvalue weighted by Crippen LogP contribution is -2.19. The molecule has 0 aliphatic rings. The minimum Gasteiger partial charge on any atom is -0.308 e. The van der Waals surface area contributed by atoms with Gasteiger partial charge in [-0.2, -0.15) is 0 Å². The van der Waals surface area contributed by atoms with Crippen LogP contribution in [-0.4, -0.2) is 6.03 Å². The van der Waals surface area contributed by atoms with Gasteiger partial charge in [0.1, 0.15) is 0 Å². The lowest BCUT2D eigenvalue weighted by atomic mass is 10.2. The van der Waals surface area contributed by atoms with Crippen LogP contribution >= 0.6 is 15.9 Å². The van der Waals surface area contributed by atoms with Crippen LogP contribution in [0.5, 0.6) is 0 Å². The van der Waals surface area contributed by atoms with Gasteiger partial charge in [-0.1, -0.05) is 34.1 Å². The Labute approximate surface area is 121 Å². The minimum atomic E-state index is -0.244. The fourth-order valence-corrected chi connectivity index (χ4v) is 2.10. The number of anilines is 2. The van der Waals surface area contributed by atoms with E-state index in [2.05, 4.69) is 26.6 Å². The van der Waals surface area contributed by atoms with Crippen molar-refractivity contribution in [3.05, 3.63) is 58.1 Å². The molecule has 0 heterocycles. The van der Waals surface area contributed by atoms with E-state index in [0.717, 1.165) is 27.0 Å². The molecule has 0 aromatic heterocycles. The predicted molar refractivity (Wildman–Crippen MR) is 82.7 cm³/mol. The Morgan fingerprint density at radius 1 is 1.05 bits per heavy atom. The Kier molecular flexibility index (Phi) is 4.22. The van der Waals surface area contributed by atoms with Crippen molar-refractivity contribution in [2.45, 2.75) is 13.8 Å². The van der Waals surface area contributed by atoms with Gasteiger partial charge in [0.05, 0.1) is 0 Å². The lowest BCUT2D eigenvalue weighted by molar-refractivity contribution is 0.262. The van der Waals surface area contributed by atoms with Gasteiger partial charge in [0.25, 0.3) is 0 Å². The summed E-state index contributed by atoms with van der Waals surface area (Å²) in [7, 11) is 0. The Morgan fingerprint density at radius 2 is 1.84 bits per heavy atom. The van der Waals surface area contributed by atoms with E-state index in [1.165, 1.54) is 0 Å². The maximum atomic E-state index is 11.9. The highest BCUT2D eigenvalue weighted by molar-refractivity contribution is 9.10. The molecule has 2 aromatic carbocycles. The average molecular weight is 319 g/mol. The molecule has 0 aliphatic carbocycles. The summed E-state index contributed by atoms with van der Waals surface area (Å²) in [6.07, 6.45) is 0. The smallest absolute Gasteiger partial charge is 0.308 e. The molecule has 3 nitrogen and oxygen atoms in total. The largest absolute Gasteiger partial charge is 0.323 e. The zero-order valence-corrected chi connectivity index (χ0v) is 12.4. The Morgan fingerprint density at radius 3 is 2.58 bits per heavy atom. The summed E-state index contributed by atoms with van der Waals surface area (Å²) >= 11 is 3.39. The molecule has 2 aromatic rings. The summed E-state index contributed by atoms with van der Waals surface area (Å²) in [5, 5.41) is 5.65. The third kappa shape index (κ3) is 3.83. The summed E-state index contributed by atoms with van der Waals surface area (Å²) in [6, 6.07) is 13.2. The monoisotopic (exact) mass is 318 g/mol. The van der Waals surface area contributed by atoms with Crippen LogP contribution in [0.1, 0.15) is 11.1 Å². The first-order chi connectivity index (χ1) is 9.04. The van der Waals surface area contributed by atoms with Crippen molar-refractivity contribution in [1.82, 2.24) is 0 Å². The van der Waals surface area contributed by atoms with Crippen molar-refractivity contribution in [3.63, 3.8) is 0 Å². The summed E-state index contributed by atoms with van der Waals surface area (Å²) in [6.45, 7) is 3.94. The highest BCUT2D eigenvalue weighted by atomic mass is 79.9. The van der Waals surface area contributed by atoms with Crippen LogP contribution in [0.3, 0.4) is 0 Å². The molecule has 0 fully saturated rings. The van der Waals surface area contributed by atoms with Crippen LogP contribution in [-0.2, 0) is 0 Å². The van der Waals surface area contributed by atoms with Gasteiger partial charge in [-0.25, -0.2) is 4.79 Å². The van der Waals surface area contributed by atoms with Crippen LogP contribution in [0.25, 0.3) is 0 Å². The van der Waals surface area contributed by atoms with Gasteiger partial charge in [-0.05, 0) is 49.2 Å². The quantitative estimate of drug-likeness (QED) is 0.827. The zero-order valence-electron chi connectivity index (χ0n) is 10.8. The van der Waals surface area contributed by atoms with Crippen molar-refractivity contribution in [3.8, 4) is 0 Å². The molecule has 98 valence electrons. The Balaban J connectivity index is 2.07. The van der Waals surface area contributed by atoms with Crippen LogP contribution in [0.15, 0.2) is 46.9 Å². The number of carbonyl (C=O) groups excluding carboxylic acids is 1. The molecule has 0 atom stereocenters. The molecule has 0 unspecified atom stereocenters. The SMILES string of the molecule is Cc1cccc(NC(=O)Nc2cc(Br)ccc2C)c1.